The zero-order chi connectivity index (χ0) is 21.8. The monoisotopic (exact) mass is 444 g/mol. The highest BCUT2D eigenvalue weighted by Gasteiger charge is 2.21. The number of amides is 2. The Bertz CT molecular complexity index is 1110. The van der Waals surface area contributed by atoms with Gasteiger partial charge in [-0.1, -0.05) is 35.9 Å². The Morgan fingerprint density at radius 2 is 1.90 bits per heavy atom. The molecular weight excluding hydrogens is 428 g/mol. The number of hydrogen-bond donors (Lipinski definition) is 2. The van der Waals surface area contributed by atoms with Crippen molar-refractivity contribution < 1.29 is 14.5 Å². The van der Waals surface area contributed by atoms with Crippen LogP contribution < -0.4 is 10.6 Å². The number of nitro benzene ring substituents is 1. The molecule has 0 radical (unpaired) electrons. The Morgan fingerprint density at radius 1 is 1.20 bits per heavy atom. The largest absolute Gasteiger partial charge is 0.350 e. The van der Waals surface area contributed by atoms with Crippen molar-refractivity contribution in [3.8, 4) is 11.3 Å². The minimum absolute atomic E-state index is 0.0996. The first kappa shape index (κ1) is 21.4. The van der Waals surface area contributed by atoms with Crippen LogP contribution in [0.3, 0.4) is 0 Å². The van der Waals surface area contributed by atoms with E-state index in [9.17, 15) is 19.7 Å². The Balaban J connectivity index is 1.75. The van der Waals surface area contributed by atoms with E-state index in [2.05, 4.69) is 15.6 Å². The molecule has 0 saturated heterocycles. The maximum atomic E-state index is 12.5. The van der Waals surface area contributed by atoms with Gasteiger partial charge in [-0.25, -0.2) is 4.98 Å². The molecule has 30 heavy (non-hydrogen) atoms. The molecule has 3 rings (SSSR count). The molecule has 2 N–H and O–H groups in total. The second-order valence-electron chi connectivity index (χ2n) is 6.45. The molecule has 1 atom stereocenters. The van der Waals surface area contributed by atoms with E-state index < -0.39 is 10.8 Å². The van der Waals surface area contributed by atoms with Gasteiger partial charge in [0.2, 0.25) is 5.91 Å². The summed E-state index contributed by atoms with van der Waals surface area (Å²) in [7, 11) is 0. The number of halogens is 1. The molecule has 2 aromatic carbocycles. The summed E-state index contributed by atoms with van der Waals surface area (Å²) in [5, 5.41) is 18.9. The highest BCUT2D eigenvalue weighted by molar-refractivity contribution is 7.14. The van der Waals surface area contributed by atoms with Gasteiger partial charge < -0.3 is 5.32 Å². The van der Waals surface area contributed by atoms with Crippen molar-refractivity contribution in [3.63, 3.8) is 0 Å². The Kier molecular flexibility index (Phi) is 6.43. The predicted molar refractivity (Wildman–Crippen MR) is 116 cm³/mol. The third-order valence-electron chi connectivity index (χ3n) is 4.25. The van der Waals surface area contributed by atoms with Gasteiger partial charge in [-0.2, -0.15) is 0 Å². The lowest BCUT2D eigenvalue weighted by Gasteiger charge is -2.13. The van der Waals surface area contributed by atoms with Crippen molar-refractivity contribution in [1.29, 1.82) is 0 Å². The van der Waals surface area contributed by atoms with Crippen LogP contribution in [0.1, 0.15) is 35.8 Å². The molecule has 1 unspecified atom stereocenters. The van der Waals surface area contributed by atoms with Gasteiger partial charge >= 0.3 is 0 Å². The lowest BCUT2D eigenvalue weighted by Crippen LogP contribution is -2.23. The Morgan fingerprint density at radius 3 is 2.53 bits per heavy atom. The van der Waals surface area contributed by atoms with Crippen LogP contribution in [-0.2, 0) is 4.79 Å². The molecule has 2 amide bonds. The molecule has 154 valence electrons. The Labute approximate surface area is 181 Å². The number of carbonyl (C=O) groups is 2. The van der Waals surface area contributed by atoms with Crippen LogP contribution in [0.5, 0.6) is 0 Å². The second kappa shape index (κ2) is 9.02. The van der Waals surface area contributed by atoms with Gasteiger partial charge in [0.15, 0.2) is 5.13 Å². The van der Waals surface area contributed by atoms with Gasteiger partial charge in [0, 0.05) is 29.0 Å². The molecule has 10 heteroatoms. The quantitative estimate of drug-likeness (QED) is 0.417. The third kappa shape index (κ3) is 5.00. The van der Waals surface area contributed by atoms with E-state index in [1.807, 2.05) is 31.2 Å². The van der Waals surface area contributed by atoms with Crippen LogP contribution in [0.25, 0.3) is 11.3 Å². The van der Waals surface area contributed by atoms with Gasteiger partial charge in [-0.3, -0.25) is 25.0 Å². The standard InChI is InChI=1S/C20H17ClN4O4S/c1-11(22-12(2)26)13-3-5-14(6-4-13)17-10-30-20(23-17)24-19(27)16-8-7-15(21)9-18(16)25(28)29/h3-11H,1-2H3,(H,22,26)(H,23,24,27). The zero-order valence-corrected chi connectivity index (χ0v) is 17.6. The number of aromatic nitrogens is 1. The average molecular weight is 445 g/mol. The second-order valence-corrected chi connectivity index (χ2v) is 7.75. The fourth-order valence-electron chi connectivity index (χ4n) is 2.81. The minimum atomic E-state index is -0.655. The van der Waals surface area contributed by atoms with Crippen LogP contribution in [0.2, 0.25) is 5.02 Å². The summed E-state index contributed by atoms with van der Waals surface area (Å²) in [5.41, 5.74) is 1.97. The van der Waals surface area contributed by atoms with Crippen molar-refractivity contribution >= 4 is 45.6 Å². The lowest BCUT2D eigenvalue weighted by atomic mass is 10.1. The number of carbonyl (C=O) groups excluding carboxylic acids is 2. The molecule has 0 spiro atoms. The topological polar surface area (TPSA) is 114 Å². The smallest absolute Gasteiger partial charge is 0.283 e. The first-order valence-corrected chi connectivity index (χ1v) is 10.1. The third-order valence-corrected chi connectivity index (χ3v) is 5.24. The van der Waals surface area contributed by atoms with Gasteiger partial charge in [0.1, 0.15) is 5.56 Å². The number of nitrogens with zero attached hydrogens (tertiary/aromatic N) is 2. The van der Waals surface area contributed by atoms with Crippen LogP contribution >= 0.6 is 22.9 Å². The van der Waals surface area contributed by atoms with E-state index in [4.69, 9.17) is 11.6 Å². The fourth-order valence-corrected chi connectivity index (χ4v) is 3.69. The number of benzene rings is 2. The number of nitrogens with one attached hydrogen (secondary N) is 2. The van der Waals surface area contributed by atoms with Crippen LogP contribution in [-0.4, -0.2) is 21.7 Å². The van der Waals surface area contributed by atoms with E-state index in [0.29, 0.717) is 10.8 Å². The summed E-state index contributed by atoms with van der Waals surface area (Å²) in [5.74, 6) is -0.744. The van der Waals surface area contributed by atoms with Gasteiger partial charge in [0.25, 0.3) is 11.6 Å². The number of hydrogen-bond acceptors (Lipinski definition) is 6. The van der Waals surface area contributed by atoms with Crippen molar-refractivity contribution in [2.45, 2.75) is 19.9 Å². The molecule has 0 aliphatic rings. The summed E-state index contributed by atoms with van der Waals surface area (Å²) in [6.07, 6.45) is 0. The number of nitro groups is 1. The first-order valence-electron chi connectivity index (χ1n) is 8.83. The highest BCUT2D eigenvalue weighted by Crippen LogP contribution is 2.28. The van der Waals surface area contributed by atoms with Gasteiger partial charge in [0.05, 0.1) is 16.7 Å². The van der Waals surface area contributed by atoms with E-state index in [0.717, 1.165) is 17.2 Å². The van der Waals surface area contributed by atoms with Crippen molar-refractivity contribution in [3.05, 3.63) is 74.1 Å². The molecule has 8 nitrogen and oxygen atoms in total. The van der Waals surface area contributed by atoms with Crippen LogP contribution in [0.15, 0.2) is 47.8 Å². The zero-order valence-electron chi connectivity index (χ0n) is 16.0. The van der Waals surface area contributed by atoms with E-state index >= 15 is 0 Å². The normalized spacial score (nSPS) is 11.6. The Hall–Kier alpha value is -3.30. The highest BCUT2D eigenvalue weighted by atomic mass is 35.5. The molecule has 1 aromatic heterocycles. The number of rotatable bonds is 6. The van der Waals surface area contributed by atoms with E-state index in [1.165, 1.54) is 30.4 Å². The summed E-state index contributed by atoms with van der Waals surface area (Å²) in [4.78, 5) is 38.6. The summed E-state index contributed by atoms with van der Waals surface area (Å²) in [6, 6.07) is 11.3. The summed E-state index contributed by atoms with van der Waals surface area (Å²) in [6.45, 7) is 3.36. The van der Waals surface area contributed by atoms with Crippen LogP contribution in [0, 0.1) is 10.1 Å². The maximum absolute atomic E-state index is 12.5. The lowest BCUT2D eigenvalue weighted by molar-refractivity contribution is -0.385. The maximum Gasteiger partial charge on any atom is 0.283 e. The van der Waals surface area contributed by atoms with E-state index in [1.54, 1.807) is 5.38 Å². The van der Waals surface area contributed by atoms with Crippen molar-refractivity contribution in [1.82, 2.24) is 10.3 Å². The molecule has 0 aliphatic heterocycles. The molecule has 0 aliphatic carbocycles. The fraction of sp³-hybridized carbons (Fsp3) is 0.150. The van der Waals surface area contributed by atoms with E-state index in [-0.39, 0.29) is 28.2 Å². The van der Waals surface area contributed by atoms with Crippen molar-refractivity contribution in [2.75, 3.05) is 5.32 Å². The predicted octanol–water partition coefficient (Wildman–Crippen LogP) is 4.82. The number of anilines is 1. The first-order chi connectivity index (χ1) is 14.2. The summed E-state index contributed by atoms with van der Waals surface area (Å²) >= 11 is 6.99. The molecular formula is C20H17ClN4O4S. The molecule has 3 aromatic rings. The average Bonchev–Trinajstić information content (AvgIpc) is 3.15. The molecule has 0 saturated carbocycles. The molecule has 0 fully saturated rings. The number of thiazole rings is 1. The van der Waals surface area contributed by atoms with Crippen molar-refractivity contribution in [2.24, 2.45) is 0 Å². The molecule has 1 heterocycles. The molecule has 0 bridgehead atoms. The van der Waals surface area contributed by atoms with Gasteiger partial charge in [-0.15, -0.1) is 11.3 Å². The van der Waals surface area contributed by atoms with Crippen LogP contribution in [0.4, 0.5) is 10.8 Å². The minimum Gasteiger partial charge on any atom is -0.350 e. The SMILES string of the molecule is CC(=O)NC(C)c1ccc(-c2csc(NC(=O)c3ccc(Cl)cc3[N+](=O)[O-])n2)cc1. The summed E-state index contributed by atoms with van der Waals surface area (Å²) < 4.78 is 0. The van der Waals surface area contributed by atoms with Gasteiger partial charge in [-0.05, 0) is 24.6 Å².